The third-order valence-corrected chi connectivity index (χ3v) is 7.22. The number of carbonyl (C=O) groups is 1. The number of nitrogens with one attached hydrogen (secondary N) is 4. The van der Waals surface area contributed by atoms with E-state index in [-0.39, 0.29) is 22.1 Å². The van der Waals surface area contributed by atoms with E-state index in [1.807, 2.05) is 22.6 Å². The monoisotopic (exact) mass is 702 g/mol. The lowest BCUT2D eigenvalue weighted by Crippen LogP contribution is -2.56. The van der Waals surface area contributed by atoms with E-state index in [1.165, 1.54) is 0 Å². The van der Waals surface area contributed by atoms with Crippen molar-refractivity contribution in [3.63, 3.8) is 0 Å². The van der Waals surface area contributed by atoms with E-state index >= 15 is 0 Å². The van der Waals surface area contributed by atoms with Crippen LogP contribution < -0.4 is 21.3 Å². The largest absolute Gasteiger partial charge is 0.501 e. The quantitative estimate of drug-likeness (QED) is 0.132. The number of hydrogen-bond acceptors (Lipinski definition) is 5. The molecule has 1 atom stereocenters. The normalized spacial score (nSPS) is 13.0. The molecule has 0 heterocycles. The zero-order valence-corrected chi connectivity index (χ0v) is 23.6. The maximum Gasteiger partial charge on any atom is 0.501 e. The second kappa shape index (κ2) is 11.9. The molecule has 0 aliphatic rings. The Labute approximate surface area is 233 Å². The van der Waals surface area contributed by atoms with Gasteiger partial charge in [-0.05, 0) is 78.1 Å². The summed E-state index contributed by atoms with van der Waals surface area (Å²) in [5.74, 6) is -0.596. The van der Waals surface area contributed by atoms with Gasteiger partial charge in [0.1, 0.15) is 6.17 Å². The zero-order chi connectivity index (χ0) is 26.6. The number of sulfone groups is 1. The average Bonchev–Trinajstić information content (AvgIpc) is 2.73. The molecule has 0 aliphatic carbocycles. The number of anilines is 2. The molecule has 0 saturated carbocycles. The van der Waals surface area contributed by atoms with E-state index < -0.39 is 36.1 Å². The summed E-state index contributed by atoms with van der Waals surface area (Å²) >= 11 is 25.1. The van der Waals surface area contributed by atoms with E-state index in [2.05, 4.69) is 21.3 Å². The maximum atomic E-state index is 13.0. The minimum absolute atomic E-state index is 0.0957. The van der Waals surface area contributed by atoms with Crippen molar-refractivity contribution in [1.29, 1.82) is 0 Å². The van der Waals surface area contributed by atoms with Gasteiger partial charge in [0.2, 0.25) is 3.79 Å². The number of thiocarbonyl (C=S) groups is 1. The zero-order valence-electron chi connectivity index (χ0n) is 17.5. The first-order valence-electron chi connectivity index (χ1n) is 9.46. The molecule has 7 nitrogen and oxygen atoms in total. The highest BCUT2D eigenvalue weighted by Gasteiger charge is 2.47. The van der Waals surface area contributed by atoms with Crippen LogP contribution in [0.25, 0.3) is 0 Å². The molecule has 2 rings (SSSR count). The molecule has 0 saturated heterocycles. The molecule has 4 N–H and O–H groups in total. The van der Waals surface area contributed by atoms with Crippen molar-refractivity contribution in [2.45, 2.75) is 27.3 Å². The number of benzene rings is 2. The highest BCUT2D eigenvalue weighted by molar-refractivity contribution is 14.1. The lowest BCUT2D eigenvalue weighted by molar-refractivity contribution is -0.0436. The number of carbonyl (C=O) groups excluding carboxylic acids is 1. The first-order valence-corrected chi connectivity index (χ1v) is 13.6. The number of alkyl halides is 6. The maximum absolute atomic E-state index is 13.0. The topological polar surface area (TPSA) is 99.3 Å². The van der Waals surface area contributed by atoms with E-state index in [1.54, 1.807) is 31.2 Å². The van der Waals surface area contributed by atoms with Crippen LogP contribution in [0.2, 0.25) is 0 Å². The fraction of sp³-hybridized carbons (Fsp3) is 0.263. The predicted molar refractivity (Wildman–Crippen MR) is 144 cm³/mol. The summed E-state index contributed by atoms with van der Waals surface area (Å²) in [7, 11) is -5.62. The number of amides is 1. The lowest BCUT2D eigenvalue weighted by Gasteiger charge is -2.28. The molecule has 0 bridgehead atoms. The van der Waals surface area contributed by atoms with E-state index in [0.717, 1.165) is 21.8 Å². The summed E-state index contributed by atoms with van der Waals surface area (Å²) in [6.45, 7) is 2.09. The molecule has 0 radical (unpaired) electrons. The number of halogens is 7. The Morgan fingerprint density at radius 1 is 1.09 bits per heavy atom. The molecule has 0 aromatic heterocycles. The molecule has 1 amide bonds. The lowest BCUT2D eigenvalue weighted by atomic mass is 10.2. The van der Waals surface area contributed by atoms with Crippen molar-refractivity contribution in [3.8, 4) is 0 Å². The summed E-state index contributed by atoms with van der Waals surface area (Å²) < 4.78 is 61.4. The summed E-state index contributed by atoms with van der Waals surface area (Å²) in [5.41, 5.74) is -5.06. The molecule has 16 heteroatoms. The van der Waals surface area contributed by atoms with Gasteiger partial charge in [-0.25, -0.2) is 8.42 Å². The summed E-state index contributed by atoms with van der Waals surface area (Å²) in [6, 6.07) is 9.30. The molecule has 1 unspecified atom stereocenters. The highest BCUT2D eigenvalue weighted by Crippen LogP contribution is 2.34. The van der Waals surface area contributed by atoms with Crippen molar-refractivity contribution in [2.75, 3.05) is 17.2 Å². The van der Waals surface area contributed by atoms with Crippen molar-refractivity contribution < 1.29 is 26.4 Å². The fourth-order valence-electron chi connectivity index (χ4n) is 2.61. The third-order valence-electron chi connectivity index (χ3n) is 4.19. The minimum atomic E-state index is -5.62. The van der Waals surface area contributed by atoms with E-state index in [4.69, 9.17) is 47.0 Å². The van der Waals surface area contributed by atoms with Gasteiger partial charge in [-0.3, -0.25) is 4.79 Å². The minimum Gasteiger partial charge on any atom is -0.384 e. The molecule has 192 valence electrons. The van der Waals surface area contributed by atoms with Gasteiger partial charge in [-0.15, -0.1) is 0 Å². The van der Waals surface area contributed by atoms with Gasteiger partial charge in [0.25, 0.3) is 15.7 Å². The van der Waals surface area contributed by atoms with Crippen LogP contribution in [-0.2, 0) is 9.84 Å². The van der Waals surface area contributed by atoms with Gasteiger partial charge < -0.3 is 21.3 Å². The Balaban J connectivity index is 2.30. The van der Waals surface area contributed by atoms with E-state index in [9.17, 15) is 26.4 Å². The standard InChI is InChI=1S/C19H17Cl3F3IN4O3S2/c1-2-27-13-7-6-12(35(32,33)19(23,24)25)9-14(13)28-17(34)30-16(18(20,21)22)29-15(31)10-4-3-5-11(26)8-10/h3-9,16,27H,2H2,1H3,(H,29,31)(H2,28,30,34). The van der Waals surface area contributed by atoms with Crippen LogP contribution >= 0.6 is 69.6 Å². The van der Waals surface area contributed by atoms with Crippen LogP contribution in [0, 0.1) is 3.57 Å². The molecular weight excluding hydrogens is 687 g/mol. The average molecular weight is 704 g/mol. The van der Waals surface area contributed by atoms with E-state index in [0.29, 0.717) is 6.54 Å². The number of rotatable bonds is 7. The molecule has 2 aromatic rings. The second-order valence-corrected chi connectivity index (χ2v) is 12.7. The smallest absolute Gasteiger partial charge is 0.384 e. The molecule has 0 spiro atoms. The Kier molecular flexibility index (Phi) is 10.2. The van der Waals surface area contributed by atoms with Gasteiger partial charge in [-0.2, -0.15) is 13.2 Å². The van der Waals surface area contributed by atoms with Gasteiger partial charge in [0.05, 0.1) is 16.3 Å². The second-order valence-electron chi connectivity index (χ2n) is 6.74. The number of hydrogen-bond donors (Lipinski definition) is 4. The van der Waals surface area contributed by atoms with Crippen LogP contribution in [-0.4, -0.2) is 41.4 Å². The van der Waals surface area contributed by atoms with Crippen molar-refractivity contribution in [3.05, 3.63) is 51.6 Å². The van der Waals surface area contributed by atoms with Gasteiger partial charge >= 0.3 is 5.51 Å². The third kappa shape index (κ3) is 8.12. The Morgan fingerprint density at radius 3 is 2.29 bits per heavy atom. The van der Waals surface area contributed by atoms with Gasteiger partial charge in [0.15, 0.2) is 5.11 Å². The fourth-order valence-corrected chi connectivity index (χ4v) is 4.49. The molecule has 0 aliphatic heterocycles. The van der Waals surface area contributed by atoms with Crippen LogP contribution in [0.5, 0.6) is 0 Å². The van der Waals surface area contributed by atoms with Crippen molar-refractivity contribution >= 4 is 102 Å². The van der Waals surface area contributed by atoms with Crippen molar-refractivity contribution in [1.82, 2.24) is 10.6 Å². The van der Waals surface area contributed by atoms with Crippen molar-refractivity contribution in [2.24, 2.45) is 0 Å². The summed E-state index contributed by atoms with van der Waals surface area (Å²) in [5, 5.41) is 10.2. The first kappa shape index (κ1) is 30.0. The summed E-state index contributed by atoms with van der Waals surface area (Å²) in [6.07, 6.45) is -1.37. The summed E-state index contributed by atoms with van der Waals surface area (Å²) in [4.78, 5) is 11.6. The molecule has 2 aromatic carbocycles. The van der Waals surface area contributed by atoms with Crippen LogP contribution in [0.4, 0.5) is 24.5 Å². The van der Waals surface area contributed by atoms with Crippen LogP contribution in [0.15, 0.2) is 47.4 Å². The Hall–Kier alpha value is -1.26. The Morgan fingerprint density at radius 2 is 1.74 bits per heavy atom. The first-order chi connectivity index (χ1) is 16.1. The Bertz CT molecular complexity index is 1210. The molecule has 0 fully saturated rings. The van der Waals surface area contributed by atoms with Gasteiger partial charge in [0, 0.05) is 15.7 Å². The predicted octanol–water partition coefficient (Wildman–Crippen LogP) is 5.43. The SMILES string of the molecule is CCNc1ccc(S(=O)(=O)C(F)(F)F)cc1NC(=S)NC(NC(=O)c1cccc(I)c1)C(Cl)(Cl)Cl. The van der Waals surface area contributed by atoms with Crippen LogP contribution in [0.1, 0.15) is 17.3 Å². The molecule has 35 heavy (non-hydrogen) atoms. The highest BCUT2D eigenvalue weighted by atomic mass is 127. The molecular formula is C19H17Cl3F3IN4O3S2. The van der Waals surface area contributed by atoms with Crippen LogP contribution in [0.3, 0.4) is 0 Å². The van der Waals surface area contributed by atoms with Gasteiger partial charge in [-0.1, -0.05) is 40.9 Å².